The van der Waals surface area contributed by atoms with Crippen LogP contribution in [0.3, 0.4) is 0 Å². The summed E-state index contributed by atoms with van der Waals surface area (Å²) in [4.78, 5) is 2.42. The van der Waals surface area contributed by atoms with E-state index in [2.05, 4.69) is 17.0 Å². The maximum absolute atomic E-state index is 5.64. The summed E-state index contributed by atoms with van der Waals surface area (Å²) in [6.07, 6.45) is 5.15. The van der Waals surface area contributed by atoms with Crippen molar-refractivity contribution < 1.29 is 4.74 Å². The number of anilines is 1. The van der Waals surface area contributed by atoms with Gasteiger partial charge in [0.15, 0.2) is 0 Å². The van der Waals surface area contributed by atoms with Crippen molar-refractivity contribution in [1.82, 2.24) is 0 Å². The number of hydrogen-bond acceptors (Lipinski definition) is 3. The Kier molecular flexibility index (Phi) is 4.88. The lowest BCUT2D eigenvalue weighted by molar-refractivity contribution is 0.414. The molecule has 0 unspecified atom stereocenters. The first-order valence-electron chi connectivity index (χ1n) is 6.93. The summed E-state index contributed by atoms with van der Waals surface area (Å²) in [6, 6.07) is 8.26. The zero-order valence-electron chi connectivity index (χ0n) is 11.3. The van der Waals surface area contributed by atoms with Gasteiger partial charge in [0.05, 0.1) is 12.8 Å². The molecule has 1 saturated carbocycles. The number of para-hydroxylation sites is 2. The fourth-order valence-electron chi connectivity index (χ4n) is 2.27. The second-order valence-electron chi connectivity index (χ2n) is 5.03. The summed E-state index contributed by atoms with van der Waals surface area (Å²) >= 11 is 0. The van der Waals surface area contributed by atoms with Gasteiger partial charge >= 0.3 is 0 Å². The van der Waals surface area contributed by atoms with Gasteiger partial charge in [-0.05, 0) is 37.4 Å². The minimum atomic E-state index is 0.745. The van der Waals surface area contributed by atoms with E-state index in [0.29, 0.717) is 0 Å². The van der Waals surface area contributed by atoms with E-state index in [1.165, 1.54) is 24.9 Å². The van der Waals surface area contributed by atoms with Crippen LogP contribution in [0.1, 0.15) is 25.7 Å². The topological polar surface area (TPSA) is 38.5 Å². The number of nitrogens with two attached hydrogens (primary N) is 1. The van der Waals surface area contributed by atoms with Crippen molar-refractivity contribution in [3.63, 3.8) is 0 Å². The van der Waals surface area contributed by atoms with Gasteiger partial charge in [0.1, 0.15) is 5.75 Å². The van der Waals surface area contributed by atoms with Crippen molar-refractivity contribution in [3.8, 4) is 5.75 Å². The number of ether oxygens (including phenoxy) is 1. The van der Waals surface area contributed by atoms with Crippen molar-refractivity contribution in [2.24, 2.45) is 11.7 Å². The molecule has 1 aliphatic carbocycles. The molecular weight excluding hydrogens is 224 g/mol. The average molecular weight is 248 g/mol. The molecule has 2 N–H and O–H groups in total. The van der Waals surface area contributed by atoms with Crippen LogP contribution >= 0.6 is 0 Å². The molecule has 0 amide bonds. The minimum absolute atomic E-state index is 0.745. The summed E-state index contributed by atoms with van der Waals surface area (Å²) < 4.78 is 5.46. The molecule has 0 aromatic heterocycles. The van der Waals surface area contributed by atoms with Gasteiger partial charge in [0.25, 0.3) is 0 Å². The molecule has 0 heterocycles. The lowest BCUT2D eigenvalue weighted by Gasteiger charge is -2.26. The number of nitrogens with zero attached hydrogens (tertiary/aromatic N) is 1. The van der Waals surface area contributed by atoms with Crippen LogP contribution in [-0.2, 0) is 0 Å². The Bertz CT molecular complexity index is 363. The second kappa shape index (κ2) is 6.64. The normalized spacial score (nSPS) is 14.6. The van der Waals surface area contributed by atoms with Gasteiger partial charge in [-0.3, -0.25) is 0 Å². The van der Waals surface area contributed by atoms with E-state index in [1.54, 1.807) is 7.11 Å². The standard InChI is InChI=1S/C15H24N2O/c1-18-15-6-3-2-5-14(15)17(11-4-10-16)12-9-13-7-8-13/h2-3,5-6,13H,4,7-12,16H2,1H3. The average Bonchev–Trinajstić information content (AvgIpc) is 3.23. The van der Waals surface area contributed by atoms with E-state index < -0.39 is 0 Å². The molecule has 0 aliphatic heterocycles. The summed E-state index contributed by atoms with van der Waals surface area (Å²) in [5.74, 6) is 1.92. The molecule has 3 heteroatoms. The summed E-state index contributed by atoms with van der Waals surface area (Å²) in [5, 5.41) is 0. The Morgan fingerprint density at radius 2 is 2.06 bits per heavy atom. The molecule has 2 rings (SSSR count). The van der Waals surface area contributed by atoms with Gasteiger partial charge in [0.2, 0.25) is 0 Å². The smallest absolute Gasteiger partial charge is 0.142 e. The van der Waals surface area contributed by atoms with Crippen LogP contribution in [0.15, 0.2) is 24.3 Å². The molecule has 0 spiro atoms. The third kappa shape index (κ3) is 3.64. The van der Waals surface area contributed by atoms with Crippen LogP contribution in [0, 0.1) is 5.92 Å². The molecular formula is C15H24N2O. The van der Waals surface area contributed by atoms with Gasteiger partial charge < -0.3 is 15.4 Å². The first-order valence-corrected chi connectivity index (χ1v) is 6.93. The van der Waals surface area contributed by atoms with Gasteiger partial charge in [-0.2, -0.15) is 0 Å². The molecule has 100 valence electrons. The largest absolute Gasteiger partial charge is 0.495 e. The number of hydrogen-bond donors (Lipinski definition) is 1. The fraction of sp³-hybridized carbons (Fsp3) is 0.600. The zero-order valence-corrected chi connectivity index (χ0v) is 11.3. The van der Waals surface area contributed by atoms with Crippen molar-refractivity contribution in [3.05, 3.63) is 24.3 Å². The summed E-state index contributed by atoms with van der Waals surface area (Å²) in [5.41, 5.74) is 6.84. The maximum Gasteiger partial charge on any atom is 0.142 e. The van der Waals surface area contributed by atoms with Crippen LogP contribution < -0.4 is 15.4 Å². The molecule has 1 aromatic rings. The summed E-state index contributed by atoms with van der Waals surface area (Å²) in [7, 11) is 1.74. The van der Waals surface area contributed by atoms with Gasteiger partial charge in [0, 0.05) is 13.1 Å². The quantitative estimate of drug-likeness (QED) is 0.768. The van der Waals surface area contributed by atoms with Crippen molar-refractivity contribution >= 4 is 5.69 Å². The molecule has 0 saturated heterocycles. The molecule has 18 heavy (non-hydrogen) atoms. The Hall–Kier alpha value is -1.22. The molecule has 1 fully saturated rings. The highest BCUT2D eigenvalue weighted by Crippen LogP contribution is 2.34. The van der Waals surface area contributed by atoms with E-state index >= 15 is 0 Å². The molecule has 0 bridgehead atoms. The first kappa shape index (κ1) is 13.2. The zero-order chi connectivity index (χ0) is 12.8. The highest BCUT2D eigenvalue weighted by atomic mass is 16.5. The number of rotatable bonds is 8. The first-order chi connectivity index (χ1) is 8.85. The third-order valence-corrected chi connectivity index (χ3v) is 3.56. The van der Waals surface area contributed by atoms with E-state index in [-0.39, 0.29) is 0 Å². The number of benzene rings is 1. The van der Waals surface area contributed by atoms with E-state index in [1.807, 2.05) is 12.1 Å². The van der Waals surface area contributed by atoms with Crippen molar-refractivity contribution in [2.45, 2.75) is 25.7 Å². The molecule has 1 aromatic carbocycles. The van der Waals surface area contributed by atoms with Crippen LogP contribution in [0.4, 0.5) is 5.69 Å². The maximum atomic E-state index is 5.64. The predicted octanol–water partition coefficient (Wildman–Crippen LogP) is 2.65. The minimum Gasteiger partial charge on any atom is -0.495 e. The van der Waals surface area contributed by atoms with Crippen molar-refractivity contribution in [1.29, 1.82) is 0 Å². The van der Waals surface area contributed by atoms with Crippen LogP contribution in [0.2, 0.25) is 0 Å². The molecule has 3 nitrogen and oxygen atoms in total. The third-order valence-electron chi connectivity index (χ3n) is 3.56. The Labute approximate surface area is 110 Å². The monoisotopic (exact) mass is 248 g/mol. The Morgan fingerprint density at radius 1 is 1.28 bits per heavy atom. The highest BCUT2D eigenvalue weighted by molar-refractivity contribution is 5.58. The van der Waals surface area contributed by atoms with Crippen LogP contribution in [-0.4, -0.2) is 26.7 Å². The Balaban J connectivity index is 2.04. The van der Waals surface area contributed by atoms with Gasteiger partial charge in [-0.25, -0.2) is 0 Å². The molecule has 0 radical (unpaired) electrons. The van der Waals surface area contributed by atoms with Crippen molar-refractivity contribution in [2.75, 3.05) is 31.6 Å². The summed E-state index contributed by atoms with van der Waals surface area (Å²) in [6.45, 7) is 2.88. The van der Waals surface area contributed by atoms with E-state index in [4.69, 9.17) is 10.5 Å². The van der Waals surface area contributed by atoms with E-state index in [0.717, 1.165) is 37.7 Å². The van der Waals surface area contributed by atoms with Gasteiger partial charge in [-0.15, -0.1) is 0 Å². The van der Waals surface area contributed by atoms with E-state index in [9.17, 15) is 0 Å². The lowest BCUT2D eigenvalue weighted by atomic mass is 10.2. The number of methoxy groups -OCH3 is 1. The van der Waals surface area contributed by atoms with Gasteiger partial charge in [-0.1, -0.05) is 25.0 Å². The Morgan fingerprint density at radius 3 is 2.72 bits per heavy atom. The van der Waals surface area contributed by atoms with Crippen LogP contribution in [0.5, 0.6) is 5.75 Å². The highest BCUT2D eigenvalue weighted by Gasteiger charge is 2.22. The second-order valence-corrected chi connectivity index (χ2v) is 5.03. The SMILES string of the molecule is COc1ccccc1N(CCCN)CCC1CC1. The molecule has 0 atom stereocenters. The van der Waals surface area contributed by atoms with Crippen LogP contribution in [0.25, 0.3) is 0 Å². The lowest BCUT2D eigenvalue weighted by Crippen LogP contribution is -2.28. The fourth-order valence-corrected chi connectivity index (χ4v) is 2.27. The predicted molar refractivity (Wildman–Crippen MR) is 76.2 cm³/mol. The molecule has 1 aliphatic rings.